The molecule has 0 bridgehead atoms. The van der Waals surface area contributed by atoms with Gasteiger partial charge < -0.3 is 10.2 Å². The van der Waals surface area contributed by atoms with Crippen LogP contribution in [0.15, 0.2) is 54.6 Å². The van der Waals surface area contributed by atoms with Crippen LogP contribution in [0.25, 0.3) is 6.08 Å². The Balaban J connectivity index is 2.10. The number of aromatic hydroxyl groups is 1. The van der Waals surface area contributed by atoms with Crippen molar-refractivity contribution in [2.45, 2.75) is 0 Å². The molecule has 0 fully saturated rings. The van der Waals surface area contributed by atoms with Crippen LogP contribution >= 0.6 is 0 Å². The summed E-state index contributed by atoms with van der Waals surface area (Å²) in [5, 5.41) is 17.9. The average Bonchev–Trinajstić information content (AvgIpc) is 2.46. The first-order valence-electron chi connectivity index (χ1n) is 5.91. The van der Waals surface area contributed by atoms with E-state index in [1.807, 2.05) is 0 Å². The molecular formula is C16H12O4. The van der Waals surface area contributed by atoms with Crippen molar-refractivity contribution < 1.29 is 19.8 Å². The van der Waals surface area contributed by atoms with Crippen molar-refractivity contribution in [2.75, 3.05) is 0 Å². The molecular weight excluding hydrogens is 256 g/mol. The van der Waals surface area contributed by atoms with Gasteiger partial charge in [-0.05, 0) is 48.0 Å². The zero-order valence-corrected chi connectivity index (χ0v) is 10.5. The van der Waals surface area contributed by atoms with Gasteiger partial charge in [0.15, 0.2) is 5.78 Å². The van der Waals surface area contributed by atoms with Crippen molar-refractivity contribution in [1.29, 1.82) is 0 Å². The van der Waals surface area contributed by atoms with E-state index in [-0.39, 0.29) is 17.1 Å². The number of hydrogen-bond donors (Lipinski definition) is 2. The van der Waals surface area contributed by atoms with Gasteiger partial charge in [-0.3, -0.25) is 4.79 Å². The van der Waals surface area contributed by atoms with E-state index in [0.29, 0.717) is 5.56 Å². The van der Waals surface area contributed by atoms with Crippen molar-refractivity contribution in [1.82, 2.24) is 0 Å². The van der Waals surface area contributed by atoms with Gasteiger partial charge in [0.1, 0.15) is 5.75 Å². The minimum absolute atomic E-state index is 0.106. The number of benzene rings is 2. The largest absolute Gasteiger partial charge is 0.508 e. The third-order valence-corrected chi connectivity index (χ3v) is 2.74. The van der Waals surface area contributed by atoms with Crippen molar-refractivity contribution in [3.05, 3.63) is 71.3 Å². The summed E-state index contributed by atoms with van der Waals surface area (Å²) < 4.78 is 0. The minimum atomic E-state index is -0.985. The fourth-order valence-corrected chi connectivity index (χ4v) is 1.63. The molecule has 0 aliphatic heterocycles. The maximum absolute atomic E-state index is 11.8. The van der Waals surface area contributed by atoms with E-state index in [1.54, 1.807) is 18.2 Å². The lowest BCUT2D eigenvalue weighted by Crippen LogP contribution is -1.95. The first-order chi connectivity index (χ1) is 9.56. The molecule has 0 saturated carbocycles. The Labute approximate surface area is 115 Å². The summed E-state index contributed by atoms with van der Waals surface area (Å²) in [7, 11) is 0. The highest BCUT2D eigenvalue weighted by Crippen LogP contribution is 2.12. The van der Waals surface area contributed by atoms with Gasteiger partial charge in [-0.25, -0.2) is 4.79 Å². The van der Waals surface area contributed by atoms with Crippen LogP contribution in [0.2, 0.25) is 0 Å². The van der Waals surface area contributed by atoms with Crippen LogP contribution in [0.1, 0.15) is 26.3 Å². The number of hydrogen-bond acceptors (Lipinski definition) is 3. The second-order valence-electron chi connectivity index (χ2n) is 4.17. The smallest absolute Gasteiger partial charge is 0.335 e. The molecule has 4 nitrogen and oxygen atoms in total. The highest BCUT2D eigenvalue weighted by molar-refractivity contribution is 6.06. The number of carboxylic acids is 1. The molecule has 0 heterocycles. The third-order valence-electron chi connectivity index (χ3n) is 2.74. The highest BCUT2D eigenvalue weighted by Gasteiger charge is 2.02. The van der Waals surface area contributed by atoms with Gasteiger partial charge in [0, 0.05) is 5.56 Å². The molecule has 4 heteroatoms. The van der Waals surface area contributed by atoms with Crippen LogP contribution in [-0.2, 0) is 0 Å². The van der Waals surface area contributed by atoms with Gasteiger partial charge in [0.2, 0.25) is 0 Å². The van der Waals surface area contributed by atoms with Crippen LogP contribution in [-0.4, -0.2) is 22.0 Å². The summed E-state index contributed by atoms with van der Waals surface area (Å²) in [6.07, 6.45) is 3.02. The predicted molar refractivity (Wildman–Crippen MR) is 74.9 cm³/mol. The Bertz CT molecular complexity index is 652. The topological polar surface area (TPSA) is 74.6 Å². The molecule has 0 atom stereocenters. The van der Waals surface area contributed by atoms with Crippen LogP contribution in [0.5, 0.6) is 5.75 Å². The van der Waals surface area contributed by atoms with E-state index in [9.17, 15) is 9.59 Å². The van der Waals surface area contributed by atoms with Crippen LogP contribution < -0.4 is 0 Å². The highest BCUT2D eigenvalue weighted by atomic mass is 16.4. The summed E-state index contributed by atoms with van der Waals surface area (Å²) >= 11 is 0. The first kappa shape index (κ1) is 13.5. The monoisotopic (exact) mass is 268 g/mol. The van der Waals surface area contributed by atoms with Crippen LogP contribution in [0.4, 0.5) is 0 Å². The normalized spacial score (nSPS) is 10.6. The van der Waals surface area contributed by atoms with Gasteiger partial charge in [-0.1, -0.05) is 18.2 Å². The third kappa shape index (κ3) is 3.32. The zero-order valence-electron chi connectivity index (χ0n) is 10.5. The summed E-state index contributed by atoms with van der Waals surface area (Å²) in [5.74, 6) is -1.07. The lowest BCUT2D eigenvalue weighted by molar-refractivity contribution is 0.0696. The van der Waals surface area contributed by atoms with E-state index in [1.165, 1.54) is 42.5 Å². The van der Waals surface area contributed by atoms with Gasteiger partial charge in [-0.15, -0.1) is 0 Å². The van der Waals surface area contributed by atoms with E-state index in [0.717, 1.165) is 5.56 Å². The van der Waals surface area contributed by atoms with Crippen LogP contribution in [0, 0.1) is 0 Å². The zero-order chi connectivity index (χ0) is 14.5. The van der Waals surface area contributed by atoms with Gasteiger partial charge in [-0.2, -0.15) is 0 Å². The number of ketones is 1. The number of aromatic carboxylic acids is 1. The lowest BCUT2D eigenvalue weighted by atomic mass is 10.1. The molecule has 2 aromatic rings. The number of carboxylic acid groups (broad SMARTS) is 1. The Morgan fingerprint density at radius 2 is 1.40 bits per heavy atom. The molecule has 0 amide bonds. The lowest BCUT2D eigenvalue weighted by Gasteiger charge is -1.97. The van der Waals surface area contributed by atoms with E-state index in [4.69, 9.17) is 10.2 Å². The van der Waals surface area contributed by atoms with E-state index < -0.39 is 5.97 Å². The number of phenols is 1. The average molecular weight is 268 g/mol. The molecule has 0 unspecified atom stereocenters. The fourth-order valence-electron chi connectivity index (χ4n) is 1.63. The fraction of sp³-hybridized carbons (Fsp3) is 0. The van der Waals surface area contributed by atoms with Gasteiger partial charge in [0.05, 0.1) is 5.56 Å². The maximum Gasteiger partial charge on any atom is 0.335 e. The minimum Gasteiger partial charge on any atom is -0.508 e. The molecule has 2 N–H and O–H groups in total. The first-order valence-corrected chi connectivity index (χ1v) is 5.91. The standard InChI is InChI=1S/C16H12O4/c17-14-8-6-12(7-9-14)15(18)10-3-11-1-4-13(5-2-11)16(19)20/h1-10,17H,(H,19,20)/b10-3+. The quantitative estimate of drug-likeness (QED) is 0.660. The Morgan fingerprint density at radius 1 is 0.850 bits per heavy atom. The Hall–Kier alpha value is -2.88. The predicted octanol–water partition coefficient (Wildman–Crippen LogP) is 2.99. The number of carbonyl (C=O) groups excluding carboxylic acids is 1. The van der Waals surface area contributed by atoms with Gasteiger partial charge in [0.25, 0.3) is 0 Å². The molecule has 2 rings (SSSR count). The van der Waals surface area contributed by atoms with Crippen molar-refractivity contribution in [3.63, 3.8) is 0 Å². The molecule has 0 radical (unpaired) electrons. The summed E-state index contributed by atoms with van der Waals surface area (Å²) in [6.45, 7) is 0. The second kappa shape index (κ2) is 5.84. The number of carbonyl (C=O) groups is 2. The second-order valence-corrected chi connectivity index (χ2v) is 4.17. The molecule has 20 heavy (non-hydrogen) atoms. The number of rotatable bonds is 4. The molecule has 0 aromatic heterocycles. The molecule has 0 spiro atoms. The molecule has 2 aromatic carbocycles. The number of phenolic OH excluding ortho intramolecular Hbond substituents is 1. The Kier molecular flexibility index (Phi) is 3.96. The molecule has 0 aliphatic carbocycles. The van der Waals surface area contributed by atoms with Gasteiger partial charge >= 0.3 is 5.97 Å². The summed E-state index contributed by atoms with van der Waals surface area (Å²) in [5.41, 5.74) is 1.41. The van der Waals surface area contributed by atoms with Crippen molar-refractivity contribution in [3.8, 4) is 5.75 Å². The molecule has 0 saturated heterocycles. The van der Waals surface area contributed by atoms with Crippen LogP contribution in [0.3, 0.4) is 0 Å². The summed E-state index contributed by atoms with van der Waals surface area (Å²) in [4.78, 5) is 22.5. The van der Waals surface area contributed by atoms with Crippen molar-refractivity contribution >= 4 is 17.8 Å². The van der Waals surface area contributed by atoms with E-state index >= 15 is 0 Å². The van der Waals surface area contributed by atoms with E-state index in [2.05, 4.69) is 0 Å². The SMILES string of the molecule is O=C(O)c1ccc(/C=C/C(=O)c2ccc(O)cc2)cc1. The maximum atomic E-state index is 11.8. The van der Waals surface area contributed by atoms with Crippen molar-refractivity contribution in [2.24, 2.45) is 0 Å². The molecule has 0 aliphatic rings. The number of allylic oxidation sites excluding steroid dienone is 1. The molecule has 100 valence electrons. The Morgan fingerprint density at radius 3 is 1.95 bits per heavy atom. The summed E-state index contributed by atoms with van der Waals surface area (Å²) in [6, 6.07) is 12.2.